The normalized spacial score (nSPS) is 14.8. The van der Waals surface area contributed by atoms with Gasteiger partial charge < -0.3 is 14.8 Å². The van der Waals surface area contributed by atoms with Crippen LogP contribution in [0.1, 0.15) is 18.9 Å². The smallest absolute Gasteiger partial charge is 0.289 e. The molecule has 24 heavy (non-hydrogen) atoms. The quantitative estimate of drug-likeness (QED) is 0.714. The van der Waals surface area contributed by atoms with Crippen LogP contribution in [0.5, 0.6) is 0 Å². The maximum Gasteiger partial charge on any atom is 0.289 e. The molecule has 8 heteroatoms. The molecule has 0 aromatic heterocycles. The average molecular weight is 354 g/mol. The van der Waals surface area contributed by atoms with Gasteiger partial charge in [-0.15, -0.1) is 0 Å². The molecule has 7 nitrogen and oxygen atoms in total. The summed E-state index contributed by atoms with van der Waals surface area (Å²) in [7, 11) is -3.52. The van der Waals surface area contributed by atoms with E-state index < -0.39 is 10.0 Å². The van der Waals surface area contributed by atoms with Crippen LogP contribution in [0.15, 0.2) is 40.7 Å². The summed E-state index contributed by atoms with van der Waals surface area (Å²) < 4.78 is 37.2. The average Bonchev–Trinajstić information content (AvgIpc) is 2.55. The van der Waals surface area contributed by atoms with Gasteiger partial charge in [0.2, 0.25) is 15.8 Å². The molecule has 0 saturated carbocycles. The highest BCUT2D eigenvalue weighted by molar-refractivity contribution is 7.89. The maximum absolute atomic E-state index is 12.1. The molecule has 0 fully saturated rings. The van der Waals surface area contributed by atoms with Gasteiger partial charge in [-0.05, 0) is 32.4 Å². The Kier molecular flexibility index (Phi) is 6.22. The van der Waals surface area contributed by atoms with Gasteiger partial charge in [-0.3, -0.25) is 4.79 Å². The molecule has 1 aliphatic rings. The molecule has 0 saturated heterocycles. The molecule has 1 aliphatic heterocycles. The van der Waals surface area contributed by atoms with Gasteiger partial charge in [-0.1, -0.05) is 17.7 Å². The van der Waals surface area contributed by atoms with Crippen molar-refractivity contribution < 1.29 is 22.7 Å². The largest absolute Gasteiger partial charge is 0.491 e. The number of ether oxygens (including phenoxy) is 2. The topological polar surface area (TPSA) is 93.7 Å². The number of carbonyl (C=O) groups excluding carboxylic acids is 1. The van der Waals surface area contributed by atoms with Crippen LogP contribution in [0.2, 0.25) is 0 Å². The summed E-state index contributed by atoms with van der Waals surface area (Å²) in [5, 5.41) is 2.68. The van der Waals surface area contributed by atoms with Crippen LogP contribution in [0.4, 0.5) is 0 Å². The summed E-state index contributed by atoms with van der Waals surface area (Å²) in [6.45, 7) is 4.90. The summed E-state index contributed by atoms with van der Waals surface area (Å²) in [4.78, 5) is 12.1. The first-order valence-corrected chi connectivity index (χ1v) is 9.19. The summed E-state index contributed by atoms with van der Waals surface area (Å²) in [5.41, 5.74) is 0.996. The number of hydrogen-bond donors (Lipinski definition) is 2. The van der Waals surface area contributed by atoms with E-state index in [2.05, 4.69) is 10.0 Å². The molecule has 1 amide bonds. The first kappa shape index (κ1) is 18.3. The molecule has 1 aromatic carbocycles. The van der Waals surface area contributed by atoms with Crippen LogP contribution in [0, 0.1) is 6.92 Å². The molecule has 1 aromatic rings. The first-order valence-electron chi connectivity index (χ1n) is 7.71. The van der Waals surface area contributed by atoms with Crippen molar-refractivity contribution in [3.63, 3.8) is 0 Å². The predicted molar refractivity (Wildman–Crippen MR) is 88.6 cm³/mol. The summed E-state index contributed by atoms with van der Waals surface area (Å²) >= 11 is 0. The zero-order valence-electron chi connectivity index (χ0n) is 13.8. The molecular weight excluding hydrogens is 332 g/mol. The number of hydrogen-bond acceptors (Lipinski definition) is 5. The van der Waals surface area contributed by atoms with Crippen molar-refractivity contribution in [3.05, 3.63) is 41.3 Å². The number of allylic oxidation sites excluding steroid dienone is 1. The summed E-state index contributed by atoms with van der Waals surface area (Å²) in [5.74, 6) is 0.286. The highest BCUT2D eigenvalue weighted by Crippen LogP contribution is 2.12. The van der Waals surface area contributed by atoms with Gasteiger partial charge in [0.05, 0.1) is 4.90 Å². The molecule has 1 heterocycles. The second-order valence-electron chi connectivity index (χ2n) is 5.40. The predicted octanol–water partition coefficient (Wildman–Crippen LogP) is 1.06. The lowest BCUT2D eigenvalue weighted by atomic mass is 10.2. The van der Waals surface area contributed by atoms with Crippen molar-refractivity contribution in [1.82, 2.24) is 10.0 Å². The van der Waals surface area contributed by atoms with E-state index >= 15 is 0 Å². The number of benzene rings is 1. The number of sulfonamides is 1. The Morgan fingerprint density at radius 2 is 1.75 bits per heavy atom. The molecule has 0 radical (unpaired) electrons. The van der Waals surface area contributed by atoms with E-state index in [-0.39, 0.29) is 23.1 Å². The minimum atomic E-state index is -3.52. The Morgan fingerprint density at radius 3 is 2.42 bits per heavy atom. The molecule has 2 rings (SSSR count). The van der Waals surface area contributed by atoms with Crippen molar-refractivity contribution in [3.8, 4) is 0 Å². The Balaban J connectivity index is 1.75. The Bertz CT molecular complexity index is 710. The molecule has 132 valence electrons. The van der Waals surface area contributed by atoms with E-state index in [0.717, 1.165) is 5.56 Å². The van der Waals surface area contributed by atoms with Gasteiger partial charge in [-0.25, -0.2) is 13.1 Å². The first-order chi connectivity index (χ1) is 11.4. The minimum Gasteiger partial charge on any atom is -0.491 e. The van der Waals surface area contributed by atoms with E-state index in [0.29, 0.717) is 31.9 Å². The molecular formula is C16H22N2O5S. The van der Waals surface area contributed by atoms with Crippen LogP contribution in [0.3, 0.4) is 0 Å². The third kappa shape index (κ3) is 4.97. The van der Waals surface area contributed by atoms with E-state index in [1.165, 1.54) is 0 Å². The maximum atomic E-state index is 12.1. The molecule has 2 N–H and O–H groups in total. The number of carbonyl (C=O) groups is 1. The van der Waals surface area contributed by atoms with E-state index in [1.807, 2.05) is 6.92 Å². The zero-order valence-corrected chi connectivity index (χ0v) is 14.6. The fourth-order valence-electron chi connectivity index (χ4n) is 2.11. The third-order valence-electron chi connectivity index (χ3n) is 3.44. The monoisotopic (exact) mass is 354 g/mol. The van der Waals surface area contributed by atoms with Gasteiger partial charge in [0.1, 0.15) is 19.0 Å². The zero-order chi connectivity index (χ0) is 17.6. The van der Waals surface area contributed by atoms with Crippen molar-refractivity contribution in [2.45, 2.75) is 25.2 Å². The lowest BCUT2D eigenvalue weighted by Gasteiger charge is -2.19. The van der Waals surface area contributed by atoms with Gasteiger partial charge in [0.25, 0.3) is 5.91 Å². The Morgan fingerprint density at radius 1 is 1.08 bits per heavy atom. The number of amides is 1. The fourth-order valence-corrected chi connectivity index (χ4v) is 3.18. The highest BCUT2D eigenvalue weighted by Gasteiger charge is 2.19. The van der Waals surface area contributed by atoms with Gasteiger partial charge in [0, 0.05) is 13.1 Å². The van der Waals surface area contributed by atoms with E-state index in [4.69, 9.17) is 9.47 Å². The van der Waals surface area contributed by atoms with E-state index in [9.17, 15) is 13.2 Å². The Labute approximate surface area is 142 Å². The van der Waals surface area contributed by atoms with Crippen molar-refractivity contribution in [2.24, 2.45) is 0 Å². The molecule has 0 spiro atoms. The second-order valence-corrected chi connectivity index (χ2v) is 7.17. The van der Waals surface area contributed by atoms with Crippen molar-refractivity contribution >= 4 is 15.9 Å². The molecule has 0 atom stereocenters. The highest BCUT2D eigenvalue weighted by atomic mass is 32.2. The van der Waals surface area contributed by atoms with E-state index in [1.54, 1.807) is 31.2 Å². The van der Waals surface area contributed by atoms with Crippen LogP contribution >= 0.6 is 0 Å². The summed E-state index contributed by atoms with van der Waals surface area (Å²) in [6, 6.07) is 6.62. The Hall–Kier alpha value is -2.06. The summed E-state index contributed by atoms with van der Waals surface area (Å²) in [6.07, 6.45) is 0.462. The molecule has 0 bridgehead atoms. The van der Waals surface area contributed by atoms with Crippen LogP contribution < -0.4 is 10.0 Å². The second kappa shape index (κ2) is 8.16. The third-order valence-corrected chi connectivity index (χ3v) is 4.91. The number of nitrogens with one attached hydrogen (secondary N) is 2. The lowest BCUT2D eigenvalue weighted by molar-refractivity contribution is -0.122. The fraction of sp³-hybridized carbons (Fsp3) is 0.438. The van der Waals surface area contributed by atoms with Gasteiger partial charge >= 0.3 is 0 Å². The van der Waals surface area contributed by atoms with Gasteiger partial charge in [-0.2, -0.15) is 0 Å². The van der Waals surface area contributed by atoms with Crippen LogP contribution in [0.25, 0.3) is 0 Å². The molecule has 0 aliphatic carbocycles. The van der Waals surface area contributed by atoms with Crippen molar-refractivity contribution in [1.29, 1.82) is 0 Å². The standard InChI is InChI=1S/C16H22N2O5S/c1-12-4-6-14(7-5-12)24(20,21)18-9-3-8-17-16(19)15-13(2)22-10-11-23-15/h4-7,18H,3,8-11H2,1-2H3,(H,17,19). The van der Waals surface area contributed by atoms with Crippen LogP contribution in [-0.2, 0) is 24.3 Å². The molecule has 0 unspecified atom stereocenters. The number of rotatable bonds is 7. The SMILES string of the molecule is CC1=C(C(=O)NCCCNS(=O)(=O)c2ccc(C)cc2)OCCO1. The van der Waals surface area contributed by atoms with Crippen LogP contribution in [-0.4, -0.2) is 40.6 Å². The number of aryl methyl sites for hydroxylation is 1. The van der Waals surface area contributed by atoms with Crippen molar-refractivity contribution in [2.75, 3.05) is 26.3 Å². The minimum absolute atomic E-state index is 0.182. The van der Waals surface area contributed by atoms with Gasteiger partial charge in [0.15, 0.2) is 0 Å². The lowest BCUT2D eigenvalue weighted by Crippen LogP contribution is -2.32.